The number of Topliss-reactive ketones (excluding diaryl/α,β-unsaturated/α-hetero) is 2. The Kier molecular flexibility index (Phi) is 2.93. The van der Waals surface area contributed by atoms with Crippen LogP contribution in [-0.4, -0.2) is 32.6 Å². The predicted octanol–water partition coefficient (Wildman–Crippen LogP) is 1.10. The number of H-pyrrole nitrogens is 1. The van der Waals surface area contributed by atoms with Crippen LogP contribution < -0.4 is 0 Å². The molecule has 1 aromatic heterocycles. The molecular weight excluding hydrogens is 236 g/mol. The summed E-state index contributed by atoms with van der Waals surface area (Å²) >= 11 is 0. The molecule has 6 nitrogen and oxygen atoms in total. The summed E-state index contributed by atoms with van der Waals surface area (Å²) in [6.45, 7) is 1.77. The van der Waals surface area contributed by atoms with Gasteiger partial charge in [0.15, 0.2) is 0 Å². The van der Waals surface area contributed by atoms with Crippen LogP contribution in [0, 0.1) is 6.92 Å². The van der Waals surface area contributed by atoms with E-state index in [1.165, 1.54) is 12.1 Å². The molecule has 6 heteroatoms. The SMILES string of the molecule is Cc1nc2ccc(C(=O)C(=O)CC(=O)O)cc2[nH]1. The van der Waals surface area contributed by atoms with Gasteiger partial charge in [-0.25, -0.2) is 4.98 Å². The molecule has 0 saturated carbocycles. The van der Waals surface area contributed by atoms with Gasteiger partial charge in [-0.15, -0.1) is 0 Å². The number of carboxylic acid groups (broad SMARTS) is 1. The molecule has 0 fully saturated rings. The second-order valence-electron chi connectivity index (χ2n) is 3.88. The van der Waals surface area contributed by atoms with Crippen molar-refractivity contribution in [3.8, 4) is 0 Å². The molecule has 92 valence electrons. The van der Waals surface area contributed by atoms with Crippen LogP contribution in [0.4, 0.5) is 0 Å². The molecule has 0 atom stereocenters. The van der Waals surface area contributed by atoms with Gasteiger partial charge in [0.25, 0.3) is 0 Å². The minimum absolute atomic E-state index is 0.164. The van der Waals surface area contributed by atoms with Gasteiger partial charge in [-0.3, -0.25) is 14.4 Å². The molecule has 0 radical (unpaired) electrons. The molecule has 0 bridgehead atoms. The Balaban J connectivity index is 2.33. The number of aryl methyl sites for hydroxylation is 1. The van der Waals surface area contributed by atoms with Crippen LogP contribution in [0.2, 0.25) is 0 Å². The number of benzene rings is 1. The number of hydrogen-bond donors (Lipinski definition) is 2. The number of aliphatic carboxylic acids is 1. The number of rotatable bonds is 4. The highest BCUT2D eigenvalue weighted by Gasteiger charge is 2.19. The Morgan fingerprint density at radius 2 is 2.06 bits per heavy atom. The first-order valence-electron chi connectivity index (χ1n) is 5.23. The Bertz CT molecular complexity index is 657. The summed E-state index contributed by atoms with van der Waals surface area (Å²) in [6.07, 6.45) is -0.793. The van der Waals surface area contributed by atoms with Gasteiger partial charge in [0.2, 0.25) is 11.6 Å². The summed E-state index contributed by atoms with van der Waals surface area (Å²) in [7, 11) is 0. The van der Waals surface area contributed by atoms with Crippen LogP contribution in [0.1, 0.15) is 22.6 Å². The van der Waals surface area contributed by atoms with Gasteiger partial charge in [-0.1, -0.05) is 0 Å². The van der Waals surface area contributed by atoms with Crippen molar-refractivity contribution < 1.29 is 19.5 Å². The van der Waals surface area contributed by atoms with E-state index in [-0.39, 0.29) is 5.56 Å². The van der Waals surface area contributed by atoms with Crippen molar-refractivity contribution in [1.29, 1.82) is 0 Å². The number of imidazole rings is 1. The Labute approximate surface area is 102 Å². The van der Waals surface area contributed by atoms with Crippen LogP contribution in [0.15, 0.2) is 18.2 Å². The first-order valence-corrected chi connectivity index (χ1v) is 5.23. The fourth-order valence-corrected chi connectivity index (χ4v) is 1.66. The van der Waals surface area contributed by atoms with Crippen LogP contribution in [0.5, 0.6) is 0 Å². The van der Waals surface area contributed by atoms with Crippen molar-refractivity contribution in [2.75, 3.05) is 0 Å². The second-order valence-corrected chi connectivity index (χ2v) is 3.88. The minimum atomic E-state index is -1.31. The van der Waals surface area contributed by atoms with E-state index in [1.807, 2.05) is 0 Å². The van der Waals surface area contributed by atoms with Gasteiger partial charge in [-0.05, 0) is 25.1 Å². The molecule has 1 heterocycles. The lowest BCUT2D eigenvalue weighted by Crippen LogP contribution is -2.17. The van der Waals surface area contributed by atoms with Crippen molar-refractivity contribution >= 4 is 28.6 Å². The Morgan fingerprint density at radius 3 is 2.72 bits per heavy atom. The number of aromatic nitrogens is 2. The third-order valence-corrected chi connectivity index (χ3v) is 2.43. The third kappa shape index (κ3) is 2.27. The standard InChI is InChI=1S/C12H10N2O4/c1-6-13-8-3-2-7(4-9(8)14-6)12(18)10(15)5-11(16)17/h2-4H,5H2,1H3,(H,13,14)(H,16,17). The largest absolute Gasteiger partial charge is 0.481 e. The average molecular weight is 246 g/mol. The van der Waals surface area contributed by atoms with Crippen molar-refractivity contribution in [2.45, 2.75) is 13.3 Å². The molecule has 0 aliphatic rings. The van der Waals surface area contributed by atoms with Gasteiger partial charge < -0.3 is 10.1 Å². The molecule has 2 rings (SSSR count). The topological polar surface area (TPSA) is 100 Å². The van der Waals surface area contributed by atoms with E-state index in [1.54, 1.807) is 13.0 Å². The molecule has 0 aliphatic carbocycles. The fourth-order valence-electron chi connectivity index (χ4n) is 1.66. The summed E-state index contributed by atoms with van der Waals surface area (Å²) in [4.78, 5) is 40.5. The normalized spacial score (nSPS) is 10.5. The van der Waals surface area contributed by atoms with Gasteiger partial charge >= 0.3 is 5.97 Å². The zero-order valence-corrected chi connectivity index (χ0v) is 9.56. The van der Waals surface area contributed by atoms with Crippen LogP contribution in [0.3, 0.4) is 0 Å². The highest BCUT2D eigenvalue weighted by Crippen LogP contribution is 2.14. The average Bonchev–Trinajstić information content (AvgIpc) is 2.65. The maximum atomic E-state index is 11.7. The first-order chi connectivity index (χ1) is 8.47. The number of fused-ring (bicyclic) bond motifs is 1. The van der Waals surface area contributed by atoms with E-state index < -0.39 is 24.0 Å². The maximum absolute atomic E-state index is 11.7. The number of hydrogen-bond acceptors (Lipinski definition) is 4. The van der Waals surface area contributed by atoms with Gasteiger partial charge in [0.1, 0.15) is 12.2 Å². The van der Waals surface area contributed by atoms with Crippen molar-refractivity contribution in [3.63, 3.8) is 0 Å². The van der Waals surface area contributed by atoms with Crippen molar-refractivity contribution in [1.82, 2.24) is 9.97 Å². The highest BCUT2D eigenvalue weighted by molar-refractivity contribution is 6.45. The molecule has 0 saturated heterocycles. The quantitative estimate of drug-likeness (QED) is 0.478. The molecular formula is C12H10N2O4. The summed E-state index contributed by atoms with van der Waals surface area (Å²) in [6, 6.07) is 4.57. The molecule has 0 spiro atoms. The molecule has 0 unspecified atom stereocenters. The summed E-state index contributed by atoms with van der Waals surface area (Å²) in [5.74, 6) is -2.34. The molecule has 2 aromatic rings. The number of aromatic amines is 1. The third-order valence-electron chi connectivity index (χ3n) is 2.43. The van der Waals surface area contributed by atoms with Crippen LogP contribution in [0.25, 0.3) is 11.0 Å². The van der Waals surface area contributed by atoms with E-state index in [0.29, 0.717) is 16.9 Å². The zero-order valence-electron chi connectivity index (χ0n) is 9.56. The summed E-state index contributed by atoms with van der Waals surface area (Å²) in [5, 5.41) is 8.47. The molecule has 2 N–H and O–H groups in total. The number of carbonyl (C=O) groups is 3. The molecule has 0 amide bonds. The molecule has 18 heavy (non-hydrogen) atoms. The second kappa shape index (κ2) is 4.40. The first kappa shape index (κ1) is 12.0. The van der Waals surface area contributed by atoms with Crippen LogP contribution >= 0.6 is 0 Å². The maximum Gasteiger partial charge on any atom is 0.311 e. The van der Waals surface area contributed by atoms with E-state index >= 15 is 0 Å². The Morgan fingerprint density at radius 1 is 1.33 bits per heavy atom. The van der Waals surface area contributed by atoms with E-state index in [0.717, 1.165) is 0 Å². The van der Waals surface area contributed by atoms with Crippen molar-refractivity contribution in [3.05, 3.63) is 29.6 Å². The number of carboxylic acids is 1. The number of nitrogens with one attached hydrogen (secondary N) is 1. The zero-order chi connectivity index (χ0) is 13.3. The van der Waals surface area contributed by atoms with E-state index in [2.05, 4.69) is 9.97 Å². The monoisotopic (exact) mass is 246 g/mol. The minimum Gasteiger partial charge on any atom is -0.481 e. The Hall–Kier alpha value is -2.50. The predicted molar refractivity (Wildman–Crippen MR) is 62.4 cm³/mol. The summed E-state index contributed by atoms with van der Waals surface area (Å²) in [5.41, 5.74) is 1.49. The lowest BCUT2D eigenvalue weighted by molar-refractivity contribution is -0.139. The van der Waals surface area contributed by atoms with E-state index in [9.17, 15) is 14.4 Å². The number of carbonyl (C=O) groups excluding carboxylic acids is 2. The van der Waals surface area contributed by atoms with Crippen molar-refractivity contribution in [2.24, 2.45) is 0 Å². The number of ketones is 2. The molecule has 0 aliphatic heterocycles. The fraction of sp³-hybridized carbons (Fsp3) is 0.167. The van der Waals surface area contributed by atoms with Crippen LogP contribution in [-0.2, 0) is 9.59 Å². The van der Waals surface area contributed by atoms with Gasteiger partial charge in [0.05, 0.1) is 11.0 Å². The summed E-state index contributed by atoms with van der Waals surface area (Å²) < 4.78 is 0. The molecule has 1 aromatic carbocycles. The van der Waals surface area contributed by atoms with Gasteiger partial charge in [0, 0.05) is 5.56 Å². The number of nitrogens with zero attached hydrogens (tertiary/aromatic N) is 1. The van der Waals surface area contributed by atoms with Gasteiger partial charge in [-0.2, -0.15) is 0 Å². The lowest BCUT2D eigenvalue weighted by atomic mass is 10.1. The lowest BCUT2D eigenvalue weighted by Gasteiger charge is -1.98. The van der Waals surface area contributed by atoms with E-state index in [4.69, 9.17) is 5.11 Å². The smallest absolute Gasteiger partial charge is 0.311 e. The highest BCUT2D eigenvalue weighted by atomic mass is 16.4.